The summed E-state index contributed by atoms with van der Waals surface area (Å²) in [4.78, 5) is 2.50. The molecule has 0 amide bonds. The van der Waals surface area contributed by atoms with E-state index in [1.54, 1.807) is 22.5 Å². The average molecular weight is 283 g/mol. The summed E-state index contributed by atoms with van der Waals surface area (Å²) < 4.78 is 26.7. The van der Waals surface area contributed by atoms with Crippen LogP contribution in [0.25, 0.3) is 0 Å². The molecular weight excluding hydrogens is 262 g/mol. The third-order valence-electron chi connectivity index (χ3n) is 3.71. The van der Waals surface area contributed by atoms with Crippen molar-refractivity contribution in [3.63, 3.8) is 0 Å². The first-order valence-electron chi connectivity index (χ1n) is 6.51. The molecule has 19 heavy (non-hydrogen) atoms. The number of nitrogens with two attached hydrogens (primary N) is 1. The van der Waals surface area contributed by atoms with Crippen molar-refractivity contribution in [2.45, 2.75) is 24.3 Å². The average Bonchev–Trinajstić information content (AvgIpc) is 2.39. The topological polar surface area (TPSA) is 66.6 Å². The van der Waals surface area contributed by atoms with E-state index in [0.717, 1.165) is 13.0 Å². The van der Waals surface area contributed by atoms with Gasteiger partial charge in [-0.05, 0) is 31.7 Å². The van der Waals surface area contributed by atoms with Crippen LogP contribution in [0.2, 0.25) is 0 Å². The van der Waals surface area contributed by atoms with Gasteiger partial charge in [-0.3, -0.25) is 0 Å². The first kappa shape index (κ1) is 14.3. The molecule has 0 aromatic heterocycles. The Balaban J connectivity index is 2.25. The van der Waals surface area contributed by atoms with E-state index in [1.807, 2.05) is 7.05 Å². The molecule has 0 radical (unpaired) electrons. The molecule has 6 heteroatoms. The van der Waals surface area contributed by atoms with Gasteiger partial charge in [0.05, 0.1) is 4.90 Å². The highest BCUT2D eigenvalue weighted by Gasteiger charge is 2.31. The van der Waals surface area contributed by atoms with Gasteiger partial charge in [0.25, 0.3) is 0 Å². The third kappa shape index (κ3) is 2.91. The second kappa shape index (κ2) is 5.48. The smallest absolute Gasteiger partial charge is 0.243 e. The minimum Gasteiger partial charge on any atom is -0.399 e. The second-order valence-electron chi connectivity index (χ2n) is 4.98. The lowest BCUT2D eigenvalue weighted by molar-refractivity contribution is 0.144. The fraction of sp³-hybridized carbons (Fsp3) is 0.538. The first-order chi connectivity index (χ1) is 8.95. The van der Waals surface area contributed by atoms with Crippen molar-refractivity contribution in [3.8, 4) is 0 Å². The molecule has 1 aliphatic rings. The number of hydrogen-bond acceptors (Lipinski definition) is 4. The lowest BCUT2D eigenvalue weighted by Gasteiger charge is -2.38. The summed E-state index contributed by atoms with van der Waals surface area (Å²) in [6, 6.07) is 6.78. The Bertz CT molecular complexity index is 545. The van der Waals surface area contributed by atoms with E-state index in [-0.39, 0.29) is 10.9 Å². The van der Waals surface area contributed by atoms with Crippen LogP contribution in [0, 0.1) is 0 Å². The Morgan fingerprint density at radius 2 is 2.11 bits per heavy atom. The molecular formula is C13H21N3O2S. The number of rotatable bonds is 3. The minimum absolute atomic E-state index is 0.282. The van der Waals surface area contributed by atoms with E-state index < -0.39 is 10.0 Å². The Hall–Kier alpha value is -1.11. The zero-order valence-electron chi connectivity index (χ0n) is 11.4. The minimum atomic E-state index is -3.42. The Labute approximate surface area is 115 Å². The van der Waals surface area contributed by atoms with Gasteiger partial charge in [0.15, 0.2) is 0 Å². The van der Waals surface area contributed by atoms with Gasteiger partial charge in [-0.1, -0.05) is 13.0 Å². The van der Waals surface area contributed by atoms with Crippen LogP contribution in [0.1, 0.15) is 13.3 Å². The first-order valence-corrected chi connectivity index (χ1v) is 7.95. The molecule has 0 aliphatic carbocycles. The number of sulfonamides is 1. The number of nitrogens with zero attached hydrogens (tertiary/aromatic N) is 2. The van der Waals surface area contributed by atoms with E-state index in [2.05, 4.69) is 11.8 Å². The number of benzene rings is 1. The Morgan fingerprint density at radius 1 is 1.37 bits per heavy atom. The molecule has 1 aliphatic heterocycles. The van der Waals surface area contributed by atoms with E-state index in [0.29, 0.717) is 18.8 Å². The molecule has 0 spiro atoms. The molecule has 1 aromatic carbocycles. The quantitative estimate of drug-likeness (QED) is 0.840. The lowest BCUT2D eigenvalue weighted by Crippen LogP contribution is -2.52. The number of hydrogen-bond donors (Lipinski definition) is 1. The van der Waals surface area contributed by atoms with Crippen LogP contribution < -0.4 is 5.73 Å². The van der Waals surface area contributed by atoms with Gasteiger partial charge >= 0.3 is 0 Å². The monoisotopic (exact) mass is 283 g/mol. The van der Waals surface area contributed by atoms with Crippen LogP contribution in [0.15, 0.2) is 29.2 Å². The maximum atomic E-state index is 12.6. The molecule has 1 unspecified atom stereocenters. The van der Waals surface area contributed by atoms with E-state index >= 15 is 0 Å². The summed E-state index contributed by atoms with van der Waals surface area (Å²) in [5.41, 5.74) is 6.14. The van der Waals surface area contributed by atoms with Gasteiger partial charge in [-0.25, -0.2) is 8.42 Å². The largest absolute Gasteiger partial charge is 0.399 e. The maximum absolute atomic E-state index is 12.6. The predicted molar refractivity (Wildman–Crippen MR) is 76.3 cm³/mol. The summed E-state index contributed by atoms with van der Waals surface area (Å²) in [6.07, 6.45) is 0.944. The number of nitrogen functional groups attached to an aromatic ring is 1. The van der Waals surface area contributed by atoms with Gasteiger partial charge in [0.2, 0.25) is 10.0 Å². The van der Waals surface area contributed by atoms with Gasteiger partial charge in [-0.15, -0.1) is 0 Å². The van der Waals surface area contributed by atoms with Crippen molar-refractivity contribution >= 4 is 15.7 Å². The third-order valence-corrected chi connectivity index (χ3v) is 5.57. The molecule has 2 rings (SSSR count). The molecule has 106 valence electrons. The van der Waals surface area contributed by atoms with Crippen molar-refractivity contribution in [2.24, 2.45) is 0 Å². The van der Waals surface area contributed by atoms with Crippen molar-refractivity contribution in [1.82, 2.24) is 9.21 Å². The van der Waals surface area contributed by atoms with Gasteiger partial charge in [-0.2, -0.15) is 4.31 Å². The van der Waals surface area contributed by atoms with Crippen molar-refractivity contribution in [1.29, 1.82) is 0 Å². The van der Waals surface area contributed by atoms with Gasteiger partial charge in [0.1, 0.15) is 0 Å². The van der Waals surface area contributed by atoms with Crippen LogP contribution in [-0.2, 0) is 10.0 Å². The van der Waals surface area contributed by atoms with Crippen LogP contribution >= 0.6 is 0 Å². The van der Waals surface area contributed by atoms with Crippen LogP contribution in [-0.4, -0.2) is 50.3 Å². The van der Waals surface area contributed by atoms with Gasteiger partial charge < -0.3 is 10.6 Å². The van der Waals surface area contributed by atoms with Crippen LogP contribution in [0.4, 0.5) is 5.69 Å². The molecule has 1 fully saturated rings. The predicted octanol–water partition coefficient (Wildman–Crippen LogP) is 0.984. The van der Waals surface area contributed by atoms with Gasteiger partial charge in [0, 0.05) is 31.4 Å². The van der Waals surface area contributed by atoms with E-state index in [4.69, 9.17) is 5.73 Å². The highest BCUT2D eigenvalue weighted by atomic mass is 32.2. The fourth-order valence-electron chi connectivity index (χ4n) is 2.40. The molecule has 1 saturated heterocycles. The Kier molecular flexibility index (Phi) is 4.13. The summed E-state index contributed by atoms with van der Waals surface area (Å²) in [7, 11) is -1.38. The van der Waals surface area contributed by atoms with Crippen molar-refractivity contribution in [2.75, 3.05) is 32.4 Å². The summed E-state index contributed by atoms with van der Waals surface area (Å²) in [5, 5.41) is 0. The van der Waals surface area contributed by atoms with Crippen LogP contribution in [0.3, 0.4) is 0 Å². The lowest BCUT2D eigenvalue weighted by atomic mass is 10.1. The highest BCUT2D eigenvalue weighted by Crippen LogP contribution is 2.21. The SMILES string of the molecule is CCC1CN(S(=O)(=O)c2cccc(N)c2)CCN1C. The van der Waals surface area contributed by atoms with Crippen molar-refractivity contribution < 1.29 is 8.42 Å². The number of anilines is 1. The maximum Gasteiger partial charge on any atom is 0.243 e. The molecule has 1 atom stereocenters. The standard InChI is InChI=1S/C13H21N3O2S/c1-3-12-10-16(8-7-15(12)2)19(17,18)13-6-4-5-11(14)9-13/h4-6,9,12H,3,7-8,10,14H2,1-2H3. The van der Waals surface area contributed by atoms with Crippen LogP contribution in [0.5, 0.6) is 0 Å². The zero-order chi connectivity index (χ0) is 14.0. The summed E-state index contributed by atoms with van der Waals surface area (Å²) in [6.45, 7) is 3.92. The molecule has 1 aromatic rings. The molecule has 5 nitrogen and oxygen atoms in total. The van der Waals surface area contributed by atoms with E-state index in [9.17, 15) is 8.42 Å². The molecule has 0 bridgehead atoms. The normalized spacial score (nSPS) is 22.5. The van der Waals surface area contributed by atoms with Crippen molar-refractivity contribution in [3.05, 3.63) is 24.3 Å². The Morgan fingerprint density at radius 3 is 2.74 bits per heavy atom. The summed E-state index contributed by atoms with van der Waals surface area (Å²) >= 11 is 0. The zero-order valence-corrected chi connectivity index (χ0v) is 12.2. The second-order valence-corrected chi connectivity index (χ2v) is 6.92. The summed E-state index contributed by atoms with van der Waals surface area (Å²) in [5.74, 6) is 0. The highest BCUT2D eigenvalue weighted by molar-refractivity contribution is 7.89. The molecule has 1 heterocycles. The number of likely N-dealkylation sites (N-methyl/N-ethyl adjacent to an activating group) is 1. The van der Waals surface area contributed by atoms with E-state index in [1.165, 1.54) is 6.07 Å². The molecule has 0 saturated carbocycles. The number of piperazine rings is 1. The molecule has 2 N–H and O–H groups in total. The fourth-order valence-corrected chi connectivity index (χ4v) is 3.92.